The Morgan fingerprint density at radius 3 is 2.63 bits per heavy atom. The standard InChI is InChI=1S/C25H29N3O6S/c1-3-34-25(30)23(24-20(15-29)18-6-4-5-7-21(18)26-24)19-12-13-28(14-22(19)27-31)35(32,33)17-10-8-16(2)9-11-17/h4-11,15,19,22-23,26-27,31H,3,12-14H2,1-2H3. The minimum atomic E-state index is -3.80. The molecule has 0 amide bonds. The summed E-state index contributed by atoms with van der Waals surface area (Å²) < 4.78 is 33.1. The number of sulfonamides is 1. The highest BCUT2D eigenvalue weighted by molar-refractivity contribution is 7.89. The molecular weight excluding hydrogens is 470 g/mol. The second-order valence-corrected chi connectivity index (χ2v) is 10.6. The third-order valence-corrected chi connectivity index (χ3v) is 8.51. The zero-order chi connectivity index (χ0) is 25.2. The highest BCUT2D eigenvalue weighted by Crippen LogP contribution is 2.38. The Labute approximate surface area is 204 Å². The number of esters is 1. The van der Waals surface area contributed by atoms with Gasteiger partial charge in [-0.05, 0) is 44.4 Å². The number of H-pyrrole nitrogens is 1. The molecule has 3 aromatic rings. The smallest absolute Gasteiger partial charge is 0.315 e. The lowest BCUT2D eigenvalue weighted by Gasteiger charge is -2.39. The van der Waals surface area contributed by atoms with Gasteiger partial charge in [0.1, 0.15) is 5.92 Å². The molecule has 3 atom stereocenters. The molecule has 0 spiro atoms. The summed E-state index contributed by atoms with van der Waals surface area (Å²) in [5, 5.41) is 10.7. The lowest BCUT2D eigenvalue weighted by atomic mass is 9.78. The van der Waals surface area contributed by atoms with Gasteiger partial charge in [0.15, 0.2) is 6.29 Å². The number of piperidine rings is 1. The Balaban J connectivity index is 1.70. The van der Waals surface area contributed by atoms with Crippen molar-refractivity contribution >= 4 is 33.2 Å². The Kier molecular flexibility index (Phi) is 7.36. The van der Waals surface area contributed by atoms with Crippen LogP contribution in [0.1, 0.15) is 40.9 Å². The van der Waals surface area contributed by atoms with E-state index in [1.807, 2.05) is 19.1 Å². The number of carbonyl (C=O) groups is 2. The first-order chi connectivity index (χ1) is 16.8. The maximum absolute atomic E-state index is 13.2. The van der Waals surface area contributed by atoms with Gasteiger partial charge in [-0.15, -0.1) is 0 Å². The first-order valence-electron chi connectivity index (χ1n) is 11.5. The van der Waals surface area contributed by atoms with E-state index in [4.69, 9.17) is 4.74 Å². The minimum Gasteiger partial charge on any atom is -0.465 e. The number of benzene rings is 2. The molecule has 3 N–H and O–H groups in total. The number of aromatic nitrogens is 1. The number of nitrogens with one attached hydrogen (secondary N) is 2. The van der Waals surface area contributed by atoms with Crippen molar-refractivity contribution in [1.82, 2.24) is 14.8 Å². The average Bonchev–Trinajstić information content (AvgIpc) is 3.22. The molecule has 1 saturated heterocycles. The van der Waals surface area contributed by atoms with Crippen molar-refractivity contribution in [2.24, 2.45) is 5.92 Å². The SMILES string of the molecule is CCOC(=O)C(c1[nH]c2ccccc2c1C=O)C1CCN(S(=O)(=O)c2ccc(C)cc2)CC1NO. The number of rotatable bonds is 8. The zero-order valence-corrected chi connectivity index (χ0v) is 20.4. The molecule has 10 heteroatoms. The molecule has 2 heterocycles. The lowest BCUT2D eigenvalue weighted by molar-refractivity contribution is -0.147. The molecule has 9 nitrogen and oxygen atoms in total. The third kappa shape index (κ3) is 4.74. The number of fused-ring (bicyclic) bond motifs is 1. The monoisotopic (exact) mass is 499 g/mol. The number of para-hydroxylation sites is 1. The van der Waals surface area contributed by atoms with Crippen molar-refractivity contribution in [3.8, 4) is 0 Å². The van der Waals surface area contributed by atoms with Crippen LogP contribution in [0, 0.1) is 12.8 Å². The van der Waals surface area contributed by atoms with Gasteiger partial charge in [0.25, 0.3) is 0 Å². The van der Waals surface area contributed by atoms with Crippen molar-refractivity contribution in [1.29, 1.82) is 0 Å². The van der Waals surface area contributed by atoms with E-state index in [1.165, 1.54) is 4.31 Å². The molecular formula is C25H29N3O6S. The summed E-state index contributed by atoms with van der Waals surface area (Å²) in [6, 6.07) is 13.0. The fraction of sp³-hybridized carbons (Fsp3) is 0.360. The number of aromatic amines is 1. The molecule has 1 aliphatic rings. The van der Waals surface area contributed by atoms with Crippen LogP contribution in [0.4, 0.5) is 0 Å². The summed E-state index contributed by atoms with van der Waals surface area (Å²) in [7, 11) is -3.80. The maximum Gasteiger partial charge on any atom is 0.315 e. The first kappa shape index (κ1) is 25.1. The van der Waals surface area contributed by atoms with Crippen LogP contribution in [0.15, 0.2) is 53.4 Å². The lowest BCUT2D eigenvalue weighted by Crippen LogP contribution is -2.54. The number of aldehydes is 1. The van der Waals surface area contributed by atoms with E-state index in [2.05, 4.69) is 10.5 Å². The minimum absolute atomic E-state index is 0.0517. The largest absolute Gasteiger partial charge is 0.465 e. The quantitative estimate of drug-likeness (QED) is 0.247. The van der Waals surface area contributed by atoms with Gasteiger partial charge in [0.2, 0.25) is 10.0 Å². The van der Waals surface area contributed by atoms with Gasteiger partial charge < -0.3 is 14.9 Å². The number of aryl methyl sites for hydroxylation is 1. The Bertz CT molecular complexity index is 1320. The molecule has 1 aromatic heterocycles. The van der Waals surface area contributed by atoms with Crippen molar-refractivity contribution in [3.05, 3.63) is 65.4 Å². The molecule has 1 aliphatic heterocycles. The van der Waals surface area contributed by atoms with Gasteiger partial charge in [-0.1, -0.05) is 35.9 Å². The molecule has 2 aromatic carbocycles. The number of carbonyl (C=O) groups excluding carboxylic acids is 2. The second-order valence-electron chi connectivity index (χ2n) is 8.71. The fourth-order valence-corrected chi connectivity index (χ4v) is 6.33. The Hall–Kier alpha value is -3.05. The zero-order valence-electron chi connectivity index (χ0n) is 19.6. The van der Waals surface area contributed by atoms with Gasteiger partial charge in [0.05, 0.1) is 11.5 Å². The van der Waals surface area contributed by atoms with E-state index in [9.17, 15) is 23.2 Å². The molecule has 35 heavy (non-hydrogen) atoms. The van der Waals surface area contributed by atoms with Crippen molar-refractivity contribution in [2.75, 3.05) is 19.7 Å². The third-order valence-electron chi connectivity index (χ3n) is 6.63. The van der Waals surface area contributed by atoms with Gasteiger partial charge >= 0.3 is 5.97 Å². The van der Waals surface area contributed by atoms with E-state index in [0.29, 0.717) is 28.4 Å². The fourth-order valence-electron chi connectivity index (χ4n) is 4.85. The van der Waals surface area contributed by atoms with Crippen LogP contribution in [0.2, 0.25) is 0 Å². The van der Waals surface area contributed by atoms with E-state index in [1.54, 1.807) is 43.3 Å². The summed E-state index contributed by atoms with van der Waals surface area (Å²) in [6.07, 6.45) is 0.971. The van der Waals surface area contributed by atoms with Crippen LogP contribution in [0.3, 0.4) is 0 Å². The molecule has 0 saturated carbocycles. The highest BCUT2D eigenvalue weighted by Gasteiger charge is 2.44. The predicted molar refractivity (Wildman–Crippen MR) is 130 cm³/mol. The van der Waals surface area contributed by atoms with Crippen LogP contribution in [0.25, 0.3) is 10.9 Å². The van der Waals surface area contributed by atoms with Crippen LogP contribution >= 0.6 is 0 Å². The van der Waals surface area contributed by atoms with Gasteiger partial charge in [-0.3, -0.25) is 9.59 Å². The number of ether oxygens (including phenoxy) is 1. The predicted octanol–water partition coefficient (Wildman–Crippen LogP) is 2.99. The summed E-state index contributed by atoms with van der Waals surface area (Å²) in [6.45, 7) is 3.81. The maximum atomic E-state index is 13.2. The van der Waals surface area contributed by atoms with E-state index >= 15 is 0 Å². The summed E-state index contributed by atoms with van der Waals surface area (Å²) in [5.74, 6) is -1.98. The highest BCUT2D eigenvalue weighted by atomic mass is 32.2. The number of nitrogens with zero attached hydrogens (tertiary/aromatic N) is 1. The number of hydrogen-bond donors (Lipinski definition) is 3. The first-order valence-corrected chi connectivity index (χ1v) is 12.9. The molecule has 1 fully saturated rings. The molecule has 0 bridgehead atoms. The molecule has 4 rings (SSSR count). The molecule has 3 unspecified atom stereocenters. The van der Waals surface area contributed by atoms with Crippen molar-refractivity contribution in [3.63, 3.8) is 0 Å². The normalized spacial score (nSPS) is 20.0. The van der Waals surface area contributed by atoms with E-state index in [-0.39, 0.29) is 31.0 Å². The molecule has 0 aliphatic carbocycles. The molecule has 186 valence electrons. The van der Waals surface area contributed by atoms with Crippen LogP contribution in [0.5, 0.6) is 0 Å². The average molecular weight is 500 g/mol. The topological polar surface area (TPSA) is 129 Å². The van der Waals surface area contributed by atoms with E-state index in [0.717, 1.165) is 5.56 Å². The van der Waals surface area contributed by atoms with Crippen LogP contribution in [-0.2, 0) is 19.6 Å². The van der Waals surface area contributed by atoms with Gasteiger partial charge in [-0.25, -0.2) is 13.9 Å². The van der Waals surface area contributed by atoms with E-state index < -0.39 is 33.9 Å². The Morgan fingerprint density at radius 1 is 1.26 bits per heavy atom. The van der Waals surface area contributed by atoms with Gasteiger partial charge in [-0.2, -0.15) is 4.31 Å². The Morgan fingerprint density at radius 2 is 1.97 bits per heavy atom. The summed E-state index contributed by atoms with van der Waals surface area (Å²) in [5.41, 5.74) is 4.62. The van der Waals surface area contributed by atoms with Crippen LogP contribution < -0.4 is 5.48 Å². The van der Waals surface area contributed by atoms with Crippen molar-refractivity contribution in [2.45, 2.75) is 37.1 Å². The van der Waals surface area contributed by atoms with Gasteiger partial charge in [0, 0.05) is 41.3 Å². The number of hydroxylamine groups is 1. The van der Waals surface area contributed by atoms with Crippen molar-refractivity contribution < 1.29 is 28.0 Å². The van der Waals surface area contributed by atoms with Crippen LogP contribution in [-0.4, -0.2) is 60.9 Å². The summed E-state index contributed by atoms with van der Waals surface area (Å²) >= 11 is 0. The molecule has 0 radical (unpaired) electrons. The number of hydrogen-bond acceptors (Lipinski definition) is 7. The summed E-state index contributed by atoms with van der Waals surface area (Å²) in [4.78, 5) is 28.6. The second kappa shape index (κ2) is 10.3.